The van der Waals surface area contributed by atoms with Crippen LogP contribution in [0.3, 0.4) is 0 Å². The maximum Gasteiger partial charge on any atom is 0.175 e. The zero-order chi connectivity index (χ0) is 23.3. The molecule has 5 rings (SSSR count). The molecule has 8 nitrogen and oxygen atoms in total. The molecule has 8 heteroatoms. The zero-order valence-electron chi connectivity index (χ0n) is 18.7. The lowest BCUT2D eigenvalue weighted by Gasteiger charge is -2.36. The number of anilines is 2. The number of benzene rings is 2. The van der Waals surface area contributed by atoms with Crippen molar-refractivity contribution in [1.29, 1.82) is 10.5 Å². The Morgan fingerprint density at radius 2 is 1.74 bits per heavy atom. The fraction of sp³-hybridized carbons (Fsp3) is 0.231. The Morgan fingerprint density at radius 3 is 2.50 bits per heavy atom. The SMILES string of the molecule is N#Cc1cccc(-c2nn3ccc(NCCN4CCN(c5ccccc5)CC4)nc3c2C#N)c1. The maximum atomic E-state index is 9.79. The Kier molecular flexibility index (Phi) is 6.07. The second-order valence-corrected chi connectivity index (χ2v) is 8.20. The first-order valence-corrected chi connectivity index (χ1v) is 11.3. The van der Waals surface area contributed by atoms with Crippen LogP contribution in [0.2, 0.25) is 0 Å². The van der Waals surface area contributed by atoms with Crippen LogP contribution in [0.1, 0.15) is 11.1 Å². The van der Waals surface area contributed by atoms with Crippen LogP contribution in [0.4, 0.5) is 11.5 Å². The van der Waals surface area contributed by atoms with Gasteiger partial charge >= 0.3 is 0 Å². The predicted molar refractivity (Wildman–Crippen MR) is 131 cm³/mol. The number of hydrogen-bond acceptors (Lipinski definition) is 7. The molecule has 0 radical (unpaired) electrons. The number of fused-ring (bicyclic) bond motifs is 1. The second kappa shape index (κ2) is 9.62. The molecule has 1 N–H and O–H groups in total. The summed E-state index contributed by atoms with van der Waals surface area (Å²) in [5, 5.41) is 26.9. The highest BCUT2D eigenvalue weighted by Gasteiger charge is 2.18. The van der Waals surface area contributed by atoms with Gasteiger partial charge in [0.1, 0.15) is 23.1 Å². The summed E-state index contributed by atoms with van der Waals surface area (Å²) in [4.78, 5) is 9.52. The molecule has 1 aliphatic heterocycles. The lowest BCUT2D eigenvalue weighted by Crippen LogP contribution is -2.47. The molecule has 3 heterocycles. The van der Waals surface area contributed by atoms with Gasteiger partial charge in [0.25, 0.3) is 0 Å². The molecule has 4 aromatic rings. The van der Waals surface area contributed by atoms with E-state index in [0.717, 1.165) is 44.8 Å². The summed E-state index contributed by atoms with van der Waals surface area (Å²) in [6.07, 6.45) is 1.81. The smallest absolute Gasteiger partial charge is 0.175 e. The largest absolute Gasteiger partial charge is 0.369 e. The van der Waals surface area contributed by atoms with Crippen molar-refractivity contribution < 1.29 is 0 Å². The summed E-state index contributed by atoms with van der Waals surface area (Å²) in [5.41, 5.74) is 3.96. The van der Waals surface area contributed by atoms with Crippen molar-refractivity contribution >= 4 is 17.2 Å². The van der Waals surface area contributed by atoms with E-state index in [1.165, 1.54) is 5.69 Å². The number of rotatable bonds is 6. The number of piperazine rings is 1. The van der Waals surface area contributed by atoms with Crippen LogP contribution in [0, 0.1) is 22.7 Å². The summed E-state index contributed by atoms with van der Waals surface area (Å²) < 4.78 is 1.61. The Labute approximate surface area is 198 Å². The van der Waals surface area contributed by atoms with Crippen LogP contribution in [-0.2, 0) is 0 Å². The molecule has 0 atom stereocenters. The quantitative estimate of drug-likeness (QED) is 0.483. The van der Waals surface area contributed by atoms with Gasteiger partial charge in [-0.25, -0.2) is 9.50 Å². The van der Waals surface area contributed by atoms with Crippen molar-refractivity contribution in [3.63, 3.8) is 0 Å². The Morgan fingerprint density at radius 1 is 0.912 bits per heavy atom. The number of aromatic nitrogens is 3. The predicted octanol–water partition coefficient (Wildman–Crippen LogP) is 3.37. The first kappa shape index (κ1) is 21.4. The third-order valence-corrected chi connectivity index (χ3v) is 6.09. The molecular formula is C26H24N8. The van der Waals surface area contributed by atoms with Crippen LogP contribution in [0.5, 0.6) is 0 Å². The summed E-state index contributed by atoms with van der Waals surface area (Å²) in [6, 6.07) is 23.9. The molecule has 2 aromatic heterocycles. The van der Waals surface area contributed by atoms with E-state index in [9.17, 15) is 10.5 Å². The number of nitrogens with one attached hydrogen (secondary N) is 1. The Hall–Kier alpha value is -4.40. The van der Waals surface area contributed by atoms with Crippen molar-refractivity contribution in [1.82, 2.24) is 19.5 Å². The average molecular weight is 449 g/mol. The van der Waals surface area contributed by atoms with E-state index < -0.39 is 0 Å². The number of para-hydroxylation sites is 1. The minimum atomic E-state index is 0.399. The fourth-order valence-corrected chi connectivity index (χ4v) is 4.28. The van der Waals surface area contributed by atoms with Crippen LogP contribution in [0.15, 0.2) is 66.9 Å². The van der Waals surface area contributed by atoms with Gasteiger partial charge in [0.2, 0.25) is 0 Å². The highest BCUT2D eigenvalue weighted by molar-refractivity contribution is 5.76. The molecule has 0 aliphatic carbocycles. The third-order valence-electron chi connectivity index (χ3n) is 6.09. The van der Waals surface area contributed by atoms with Crippen LogP contribution < -0.4 is 10.2 Å². The third kappa shape index (κ3) is 4.40. The van der Waals surface area contributed by atoms with E-state index >= 15 is 0 Å². The van der Waals surface area contributed by atoms with E-state index in [2.05, 4.69) is 61.6 Å². The molecule has 1 fully saturated rings. The topological polar surface area (TPSA) is 96.3 Å². The number of nitrogens with zero attached hydrogens (tertiary/aromatic N) is 7. The molecule has 0 amide bonds. The van der Waals surface area contributed by atoms with Crippen LogP contribution in [-0.4, -0.2) is 58.8 Å². The van der Waals surface area contributed by atoms with E-state index in [-0.39, 0.29) is 0 Å². The molecule has 1 saturated heterocycles. The molecule has 34 heavy (non-hydrogen) atoms. The molecule has 0 saturated carbocycles. The van der Waals surface area contributed by atoms with Gasteiger partial charge in [-0.05, 0) is 30.3 Å². The van der Waals surface area contributed by atoms with Crippen molar-refractivity contribution in [2.45, 2.75) is 0 Å². The summed E-state index contributed by atoms with van der Waals surface area (Å²) in [7, 11) is 0. The van der Waals surface area contributed by atoms with E-state index in [0.29, 0.717) is 28.3 Å². The minimum Gasteiger partial charge on any atom is -0.369 e. The molecular weight excluding hydrogens is 424 g/mol. The standard InChI is InChI=1S/C26H24N8/c27-18-20-5-4-6-21(17-20)25-23(19-28)26-30-24(9-11-34(26)31-25)29-10-12-32-13-15-33(16-14-32)22-7-2-1-3-8-22/h1-9,11,17H,10,12-16H2,(H,29,30). The molecule has 168 valence electrons. The maximum absolute atomic E-state index is 9.79. The first-order chi connectivity index (χ1) is 16.7. The highest BCUT2D eigenvalue weighted by atomic mass is 15.3. The lowest BCUT2D eigenvalue weighted by molar-refractivity contribution is 0.267. The monoisotopic (exact) mass is 448 g/mol. The van der Waals surface area contributed by atoms with Gasteiger partial charge in [-0.1, -0.05) is 30.3 Å². The summed E-state index contributed by atoms with van der Waals surface area (Å²) in [6.45, 7) is 5.77. The second-order valence-electron chi connectivity index (χ2n) is 8.20. The van der Waals surface area contributed by atoms with E-state index in [1.54, 1.807) is 22.7 Å². The summed E-state index contributed by atoms with van der Waals surface area (Å²) in [5.74, 6) is 0.712. The first-order valence-electron chi connectivity index (χ1n) is 11.3. The van der Waals surface area contributed by atoms with Gasteiger partial charge in [0.15, 0.2) is 5.65 Å². The summed E-state index contributed by atoms with van der Waals surface area (Å²) >= 11 is 0. The van der Waals surface area contributed by atoms with E-state index in [1.807, 2.05) is 24.4 Å². The highest BCUT2D eigenvalue weighted by Crippen LogP contribution is 2.26. The van der Waals surface area contributed by atoms with Crippen molar-refractivity contribution in [3.8, 4) is 23.4 Å². The van der Waals surface area contributed by atoms with Gasteiger partial charge in [0, 0.05) is 56.7 Å². The van der Waals surface area contributed by atoms with Crippen molar-refractivity contribution in [2.24, 2.45) is 0 Å². The number of nitriles is 2. The van der Waals surface area contributed by atoms with Crippen LogP contribution in [0.25, 0.3) is 16.9 Å². The van der Waals surface area contributed by atoms with Crippen molar-refractivity contribution in [3.05, 3.63) is 78.0 Å². The average Bonchev–Trinajstić information content (AvgIpc) is 3.27. The zero-order valence-corrected chi connectivity index (χ0v) is 18.7. The molecule has 0 unspecified atom stereocenters. The minimum absolute atomic E-state index is 0.399. The fourth-order valence-electron chi connectivity index (χ4n) is 4.28. The van der Waals surface area contributed by atoms with Gasteiger partial charge in [-0.15, -0.1) is 0 Å². The van der Waals surface area contributed by atoms with Gasteiger partial charge in [-0.2, -0.15) is 15.6 Å². The van der Waals surface area contributed by atoms with Crippen LogP contribution >= 0.6 is 0 Å². The normalized spacial score (nSPS) is 14.0. The molecule has 1 aliphatic rings. The molecule has 0 spiro atoms. The lowest BCUT2D eigenvalue weighted by atomic mass is 10.1. The number of hydrogen-bond donors (Lipinski definition) is 1. The van der Waals surface area contributed by atoms with Gasteiger partial charge in [-0.3, -0.25) is 4.90 Å². The van der Waals surface area contributed by atoms with Gasteiger partial charge < -0.3 is 10.2 Å². The molecule has 0 bridgehead atoms. The van der Waals surface area contributed by atoms with E-state index in [4.69, 9.17) is 0 Å². The van der Waals surface area contributed by atoms with Gasteiger partial charge in [0.05, 0.1) is 11.6 Å². The Balaban J connectivity index is 1.23. The molecule has 2 aromatic carbocycles. The van der Waals surface area contributed by atoms with Crippen molar-refractivity contribution in [2.75, 3.05) is 49.5 Å². The Bertz CT molecular complexity index is 1370.